The van der Waals surface area contributed by atoms with Crippen molar-refractivity contribution in [3.8, 4) is 6.07 Å². The van der Waals surface area contributed by atoms with E-state index in [-0.39, 0.29) is 36.1 Å². The zero-order valence-electron chi connectivity index (χ0n) is 16.5. The molecule has 5 nitrogen and oxygen atoms in total. The Morgan fingerprint density at radius 2 is 1.96 bits per heavy atom. The number of hydrogen-bond donors (Lipinski definition) is 2. The van der Waals surface area contributed by atoms with E-state index in [1.54, 1.807) is 12.1 Å². The molecule has 1 heterocycles. The molecule has 1 aliphatic rings. The van der Waals surface area contributed by atoms with Crippen LogP contribution in [-0.2, 0) is 6.54 Å². The van der Waals surface area contributed by atoms with E-state index in [1.807, 2.05) is 13.0 Å². The molecular weight excluding hydrogens is 456 g/mol. The molecule has 0 aliphatic carbocycles. The monoisotopic (exact) mass is 487 g/mol. The van der Waals surface area contributed by atoms with Gasteiger partial charge in [-0.15, -0.1) is 24.0 Å². The minimum Gasteiger partial charge on any atom is -0.357 e. The number of guanidine groups is 1. The van der Waals surface area contributed by atoms with E-state index in [4.69, 9.17) is 5.26 Å². The Bertz CT molecular complexity index is 663. The third-order valence-electron chi connectivity index (χ3n) is 4.83. The van der Waals surface area contributed by atoms with Gasteiger partial charge < -0.3 is 10.6 Å². The summed E-state index contributed by atoms with van der Waals surface area (Å²) in [6, 6.07) is 6.44. The predicted octanol–water partition coefficient (Wildman–Crippen LogP) is 3.63. The molecule has 0 bridgehead atoms. The second-order valence-corrected chi connectivity index (χ2v) is 7.33. The number of nitrogens with one attached hydrogen (secondary N) is 2. The van der Waals surface area contributed by atoms with Gasteiger partial charge >= 0.3 is 0 Å². The van der Waals surface area contributed by atoms with Gasteiger partial charge in [0.2, 0.25) is 0 Å². The van der Waals surface area contributed by atoms with Crippen LogP contribution in [0.1, 0.15) is 51.2 Å². The number of hydrogen-bond acceptors (Lipinski definition) is 3. The second kappa shape index (κ2) is 11.4. The molecule has 1 fully saturated rings. The minimum absolute atomic E-state index is 0. The third kappa shape index (κ3) is 7.26. The number of likely N-dealkylation sites (tertiary alicyclic amines) is 1. The van der Waals surface area contributed by atoms with Crippen LogP contribution in [0.15, 0.2) is 23.2 Å². The van der Waals surface area contributed by atoms with Crippen LogP contribution in [0.25, 0.3) is 0 Å². The van der Waals surface area contributed by atoms with Crippen molar-refractivity contribution in [2.45, 2.75) is 52.1 Å². The Hall–Kier alpha value is -1.40. The van der Waals surface area contributed by atoms with Gasteiger partial charge in [-0.2, -0.15) is 5.26 Å². The van der Waals surface area contributed by atoms with E-state index in [0.29, 0.717) is 17.1 Å². The fourth-order valence-electron chi connectivity index (χ4n) is 3.16. The lowest BCUT2D eigenvalue weighted by Gasteiger charge is -2.41. The summed E-state index contributed by atoms with van der Waals surface area (Å²) in [6.45, 7) is 10.5. The van der Waals surface area contributed by atoms with Crippen LogP contribution in [-0.4, -0.2) is 42.6 Å². The van der Waals surface area contributed by atoms with E-state index in [1.165, 1.54) is 25.3 Å². The summed E-state index contributed by atoms with van der Waals surface area (Å²) in [5.41, 5.74) is 0.844. The van der Waals surface area contributed by atoms with Gasteiger partial charge in [0.15, 0.2) is 5.96 Å². The second-order valence-electron chi connectivity index (χ2n) is 7.33. The van der Waals surface area contributed by atoms with E-state index in [0.717, 1.165) is 26.2 Å². The van der Waals surface area contributed by atoms with Gasteiger partial charge in [0.05, 0.1) is 18.2 Å². The third-order valence-corrected chi connectivity index (χ3v) is 4.83. The van der Waals surface area contributed by atoms with E-state index < -0.39 is 5.82 Å². The number of nitriles is 1. The number of nitrogens with zero attached hydrogens (tertiary/aromatic N) is 3. The molecule has 1 aromatic rings. The summed E-state index contributed by atoms with van der Waals surface area (Å²) >= 11 is 0. The first-order valence-corrected chi connectivity index (χ1v) is 9.42. The van der Waals surface area contributed by atoms with Gasteiger partial charge in [-0.05, 0) is 58.8 Å². The molecule has 2 N–H and O–H groups in total. The number of benzene rings is 1. The molecule has 0 radical (unpaired) electrons. The molecule has 1 aromatic carbocycles. The highest BCUT2D eigenvalue weighted by molar-refractivity contribution is 14.0. The number of aliphatic imine (C=N–C) groups is 1. The molecule has 150 valence electrons. The van der Waals surface area contributed by atoms with Crippen molar-refractivity contribution in [3.63, 3.8) is 0 Å². The summed E-state index contributed by atoms with van der Waals surface area (Å²) in [4.78, 5) is 7.02. The minimum atomic E-state index is -0.391. The van der Waals surface area contributed by atoms with Crippen LogP contribution in [0.4, 0.5) is 4.39 Å². The average molecular weight is 487 g/mol. The Morgan fingerprint density at radius 3 is 2.56 bits per heavy atom. The summed E-state index contributed by atoms with van der Waals surface area (Å²) in [7, 11) is 0. The van der Waals surface area contributed by atoms with Gasteiger partial charge in [-0.1, -0.05) is 12.5 Å². The molecule has 7 heteroatoms. The van der Waals surface area contributed by atoms with Crippen LogP contribution in [0.3, 0.4) is 0 Å². The molecule has 1 aliphatic heterocycles. The maximum atomic E-state index is 14.0. The van der Waals surface area contributed by atoms with Crippen LogP contribution in [0.2, 0.25) is 0 Å². The molecule has 2 rings (SSSR count). The van der Waals surface area contributed by atoms with Gasteiger partial charge in [-0.25, -0.2) is 9.38 Å². The summed E-state index contributed by atoms with van der Waals surface area (Å²) in [5, 5.41) is 15.4. The smallest absolute Gasteiger partial charge is 0.191 e. The first-order chi connectivity index (χ1) is 12.5. The largest absolute Gasteiger partial charge is 0.357 e. The highest BCUT2D eigenvalue weighted by Gasteiger charge is 2.27. The van der Waals surface area contributed by atoms with Gasteiger partial charge in [-0.3, -0.25) is 4.90 Å². The molecule has 0 saturated carbocycles. The zero-order chi connectivity index (χ0) is 19.0. The van der Waals surface area contributed by atoms with Crippen LogP contribution in [0.5, 0.6) is 0 Å². The summed E-state index contributed by atoms with van der Waals surface area (Å²) < 4.78 is 14.0. The van der Waals surface area contributed by atoms with Crippen molar-refractivity contribution in [3.05, 3.63) is 35.1 Å². The lowest BCUT2D eigenvalue weighted by atomic mass is 9.98. The lowest BCUT2D eigenvalue weighted by Crippen LogP contribution is -2.54. The Balaban J connectivity index is 0.00000364. The molecular formula is C20H31FIN5. The normalized spacial score (nSPS) is 15.6. The standard InChI is InChI=1S/C20H30FN5.HI/c1-4-23-19(24-14-17-9-8-16(13-22)12-18(17)21)25-15-20(2,3)26-10-6-5-7-11-26;/h8-9,12H,4-7,10-11,14-15H2,1-3H3,(H2,23,24,25);1H. The number of piperidine rings is 1. The van der Waals surface area contributed by atoms with Crippen LogP contribution in [0, 0.1) is 17.1 Å². The number of halogens is 2. The fourth-order valence-corrected chi connectivity index (χ4v) is 3.16. The molecule has 0 aromatic heterocycles. The summed E-state index contributed by atoms with van der Waals surface area (Å²) in [5.74, 6) is 0.290. The maximum absolute atomic E-state index is 14.0. The van der Waals surface area contributed by atoms with Gasteiger partial charge in [0.1, 0.15) is 5.82 Å². The van der Waals surface area contributed by atoms with Crippen LogP contribution >= 0.6 is 24.0 Å². The highest BCUT2D eigenvalue weighted by Crippen LogP contribution is 2.19. The molecule has 1 saturated heterocycles. The molecule has 0 amide bonds. The number of rotatable bonds is 6. The fraction of sp³-hybridized carbons (Fsp3) is 0.600. The van der Waals surface area contributed by atoms with Crippen molar-refractivity contribution in [2.75, 3.05) is 26.2 Å². The maximum Gasteiger partial charge on any atom is 0.191 e. The first-order valence-electron chi connectivity index (χ1n) is 9.42. The van der Waals surface area contributed by atoms with E-state index in [9.17, 15) is 4.39 Å². The predicted molar refractivity (Wildman–Crippen MR) is 119 cm³/mol. The van der Waals surface area contributed by atoms with Crippen molar-refractivity contribution in [2.24, 2.45) is 4.99 Å². The Morgan fingerprint density at radius 1 is 1.26 bits per heavy atom. The van der Waals surface area contributed by atoms with Crippen molar-refractivity contribution in [1.29, 1.82) is 5.26 Å². The quantitative estimate of drug-likeness (QED) is 0.366. The van der Waals surface area contributed by atoms with Crippen molar-refractivity contribution < 1.29 is 4.39 Å². The molecule has 0 unspecified atom stereocenters. The first kappa shape index (κ1) is 23.6. The zero-order valence-corrected chi connectivity index (χ0v) is 18.8. The van der Waals surface area contributed by atoms with Crippen LogP contribution < -0.4 is 10.6 Å². The highest BCUT2D eigenvalue weighted by atomic mass is 127. The van der Waals surface area contributed by atoms with Gasteiger partial charge in [0, 0.05) is 24.2 Å². The van der Waals surface area contributed by atoms with Gasteiger partial charge in [0.25, 0.3) is 0 Å². The SMILES string of the molecule is CCNC(=NCc1ccc(C#N)cc1F)NCC(C)(C)N1CCCCC1.I. The average Bonchev–Trinajstić information content (AvgIpc) is 2.65. The molecule has 0 spiro atoms. The van der Waals surface area contributed by atoms with E-state index >= 15 is 0 Å². The Kier molecular flexibility index (Phi) is 10.0. The van der Waals surface area contributed by atoms with Crippen molar-refractivity contribution >= 4 is 29.9 Å². The summed E-state index contributed by atoms with van der Waals surface area (Å²) in [6.07, 6.45) is 3.84. The molecule has 0 atom stereocenters. The topological polar surface area (TPSA) is 63.5 Å². The van der Waals surface area contributed by atoms with E-state index in [2.05, 4.69) is 34.4 Å². The Labute approximate surface area is 179 Å². The van der Waals surface area contributed by atoms with Crippen molar-refractivity contribution in [1.82, 2.24) is 15.5 Å². The lowest BCUT2D eigenvalue weighted by molar-refractivity contribution is 0.0982. The molecule has 27 heavy (non-hydrogen) atoms.